The SMILES string of the molecule is CCCCCCCCc1cccc(C(=CC(=C=[N+]=[N-])CCCCC)c2ccc(CCCC)cc2)c1. The van der Waals surface area contributed by atoms with Gasteiger partial charge in [-0.1, -0.05) is 121 Å². The van der Waals surface area contributed by atoms with Crippen LogP contribution in [0, 0.1) is 0 Å². The second-order valence-corrected chi connectivity index (χ2v) is 9.77. The highest BCUT2D eigenvalue weighted by Crippen LogP contribution is 2.28. The van der Waals surface area contributed by atoms with Crippen LogP contribution in [0.25, 0.3) is 11.1 Å². The molecule has 0 aliphatic heterocycles. The van der Waals surface area contributed by atoms with Gasteiger partial charge in [-0.2, -0.15) is 0 Å². The molecule has 0 fully saturated rings. The van der Waals surface area contributed by atoms with Crippen molar-refractivity contribution in [2.24, 2.45) is 0 Å². The van der Waals surface area contributed by atoms with E-state index in [1.165, 1.54) is 92.0 Å². The molecule has 0 radical (unpaired) electrons. The zero-order chi connectivity index (χ0) is 25.1. The summed E-state index contributed by atoms with van der Waals surface area (Å²) in [5.41, 5.74) is 16.6. The first-order valence-corrected chi connectivity index (χ1v) is 14.1. The highest BCUT2D eigenvalue weighted by molar-refractivity contribution is 5.83. The lowest BCUT2D eigenvalue weighted by molar-refractivity contribution is 0.00746. The molecule has 0 N–H and O–H groups in total. The maximum absolute atomic E-state index is 9.25. The monoisotopic (exact) mass is 470 g/mol. The standard InChI is InChI=1S/C33H46N2/c1-4-7-10-11-12-14-17-29-19-15-20-32(25-29)33(26-30(27-35-34)18-13-8-5-2)31-23-21-28(22-24-31)16-9-6-3/h15,19-26H,4-14,16-18H2,1-3H3. The fourth-order valence-electron chi connectivity index (χ4n) is 4.53. The summed E-state index contributed by atoms with van der Waals surface area (Å²) < 4.78 is 0. The summed E-state index contributed by atoms with van der Waals surface area (Å²) in [6, 6.07) is 18.0. The Labute approximate surface area is 214 Å². The van der Waals surface area contributed by atoms with E-state index >= 15 is 0 Å². The van der Waals surface area contributed by atoms with E-state index < -0.39 is 0 Å². The lowest BCUT2D eigenvalue weighted by atomic mass is 9.92. The van der Waals surface area contributed by atoms with Crippen LogP contribution in [0.2, 0.25) is 0 Å². The first-order valence-electron chi connectivity index (χ1n) is 14.1. The molecule has 35 heavy (non-hydrogen) atoms. The van der Waals surface area contributed by atoms with Crippen molar-refractivity contribution in [1.29, 1.82) is 0 Å². The van der Waals surface area contributed by atoms with Crippen LogP contribution >= 0.6 is 0 Å². The molecule has 0 spiro atoms. The van der Waals surface area contributed by atoms with Crippen molar-refractivity contribution in [3.63, 3.8) is 0 Å². The van der Waals surface area contributed by atoms with E-state index in [4.69, 9.17) is 0 Å². The Bertz CT molecular complexity index is 970. The van der Waals surface area contributed by atoms with E-state index in [0.29, 0.717) is 0 Å². The molecule has 0 aliphatic carbocycles. The van der Waals surface area contributed by atoms with Gasteiger partial charge in [0.2, 0.25) is 0 Å². The number of unbranched alkanes of at least 4 members (excludes halogenated alkanes) is 8. The van der Waals surface area contributed by atoms with E-state index in [9.17, 15) is 5.53 Å². The highest BCUT2D eigenvalue weighted by atomic mass is 14.8. The van der Waals surface area contributed by atoms with Crippen LogP contribution in [-0.4, -0.2) is 10.7 Å². The zero-order valence-electron chi connectivity index (χ0n) is 22.5. The van der Waals surface area contributed by atoms with Gasteiger partial charge in [-0.05, 0) is 72.4 Å². The predicted octanol–water partition coefficient (Wildman–Crippen LogP) is 9.77. The molecule has 0 bridgehead atoms. The van der Waals surface area contributed by atoms with Gasteiger partial charge in [-0.15, -0.1) is 4.79 Å². The zero-order valence-corrected chi connectivity index (χ0v) is 22.5. The minimum atomic E-state index is 0.868. The lowest BCUT2D eigenvalue weighted by Crippen LogP contribution is -1.95. The molecule has 2 rings (SSSR count). The van der Waals surface area contributed by atoms with Gasteiger partial charge < -0.3 is 5.53 Å². The predicted molar refractivity (Wildman–Crippen MR) is 152 cm³/mol. The summed E-state index contributed by atoms with van der Waals surface area (Å²) in [4.78, 5) is 3.26. The molecule has 0 heterocycles. The first kappa shape index (κ1) is 28.6. The Morgan fingerprint density at radius 3 is 2.09 bits per heavy atom. The van der Waals surface area contributed by atoms with Crippen LogP contribution in [0.15, 0.2) is 60.2 Å². The van der Waals surface area contributed by atoms with Gasteiger partial charge in [-0.25, -0.2) is 0 Å². The van der Waals surface area contributed by atoms with E-state index in [1.54, 1.807) is 0 Å². The van der Waals surface area contributed by atoms with E-state index in [1.807, 2.05) is 0 Å². The van der Waals surface area contributed by atoms with Crippen LogP contribution in [0.5, 0.6) is 0 Å². The van der Waals surface area contributed by atoms with Crippen LogP contribution < -0.4 is 0 Å². The normalized spacial score (nSPS) is 11.2. The minimum absolute atomic E-state index is 0.868. The summed E-state index contributed by atoms with van der Waals surface area (Å²) in [6.07, 6.45) is 19.1. The molecule has 188 valence electrons. The summed E-state index contributed by atoms with van der Waals surface area (Å²) in [5, 5.41) is 0. The van der Waals surface area contributed by atoms with Gasteiger partial charge in [0, 0.05) is 0 Å². The van der Waals surface area contributed by atoms with E-state index in [2.05, 4.69) is 86.0 Å². The van der Waals surface area contributed by atoms with Crippen molar-refractivity contribution in [3.05, 3.63) is 88.0 Å². The fourth-order valence-corrected chi connectivity index (χ4v) is 4.53. The maximum Gasteiger partial charge on any atom is 0.303 e. The van der Waals surface area contributed by atoms with Crippen molar-refractivity contribution in [3.8, 4) is 0 Å². The average Bonchev–Trinajstić information content (AvgIpc) is 2.88. The summed E-state index contributed by atoms with van der Waals surface area (Å²) in [7, 11) is 0. The van der Waals surface area contributed by atoms with Gasteiger partial charge in [0.25, 0.3) is 0 Å². The Morgan fingerprint density at radius 1 is 0.714 bits per heavy atom. The van der Waals surface area contributed by atoms with Crippen molar-refractivity contribution < 1.29 is 4.79 Å². The molecule has 0 saturated heterocycles. The molecule has 2 aromatic rings. The van der Waals surface area contributed by atoms with Crippen LogP contribution in [0.4, 0.5) is 0 Å². The number of hydrogen-bond donors (Lipinski definition) is 0. The van der Waals surface area contributed by atoms with Gasteiger partial charge in [0.1, 0.15) is 0 Å². The smallest absolute Gasteiger partial charge is 0.303 e. The molecule has 0 saturated carbocycles. The van der Waals surface area contributed by atoms with E-state index in [-0.39, 0.29) is 0 Å². The minimum Gasteiger partial charge on any atom is -0.348 e. The van der Waals surface area contributed by atoms with Crippen LogP contribution in [0.3, 0.4) is 0 Å². The number of nitrogens with zero attached hydrogens (tertiary/aromatic N) is 2. The first-order chi connectivity index (χ1) is 17.2. The second kappa shape index (κ2) is 17.7. The highest BCUT2D eigenvalue weighted by Gasteiger charge is 2.10. The number of rotatable bonds is 17. The third-order valence-corrected chi connectivity index (χ3v) is 6.70. The molecule has 0 aromatic heterocycles. The molecule has 0 aliphatic rings. The maximum atomic E-state index is 9.25. The molecule has 2 heteroatoms. The van der Waals surface area contributed by atoms with Gasteiger partial charge in [-0.3, -0.25) is 0 Å². The Morgan fingerprint density at radius 2 is 1.37 bits per heavy atom. The molecule has 2 nitrogen and oxygen atoms in total. The van der Waals surface area contributed by atoms with E-state index in [0.717, 1.165) is 31.3 Å². The van der Waals surface area contributed by atoms with Gasteiger partial charge >= 0.3 is 5.87 Å². The lowest BCUT2D eigenvalue weighted by Gasteiger charge is -2.12. The average molecular weight is 471 g/mol. The molecule has 2 aromatic carbocycles. The van der Waals surface area contributed by atoms with Crippen LogP contribution in [0.1, 0.15) is 120 Å². The summed E-state index contributed by atoms with van der Waals surface area (Å²) in [5.74, 6) is 2.84. The third-order valence-electron chi connectivity index (χ3n) is 6.70. The molecular weight excluding hydrogens is 424 g/mol. The quantitative estimate of drug-likeness (QED) is 0.0725. The largest absolute Gasteiger partial charge is 0.348 e. The second-order valence-electron chi connectivity index (χ2n) is 9.77. The number of benzene rings is 2. The van der Waals surface area contributed by atoms with Crippen molar-refractivity contribution in [2.75, 3.05) is 0 Å². The molecular formula is C33H46N2. The van der Waals surface area contributed by atoms with Crippen molar-refractivity contribution >= 4 is 11.4 Å². The van der Waals surface area contributed by atoms with Gasteiger partial charge in [0.05, 0.1) is 5.57 Å². The third kappa shape index (κ3) is 11.1. The Kier molecular flexibility index (Phi) is 14.5. The Hall–Kier alpha value is -2.66. The molecule has 0 atom stereocenters. The Balaban J connectivity index is 2.31. The number of allylic oxidation sites excluding steroid dienone is 2. The number of aryl methyl sites for hydroxylation is 2. The topological polar surface area (TPSA) is 36.4 Å². The van der Waals surface area contributed by atoms with Gasteiger partial charge in [0.15, 0.2) is 0 Å². The molecule has 0 amide bonds. The molecule has 0 unspecified atom stereocenters. The van der Waals surface area contributed by atoms with Crippen LogP contribution in [-0.2, 0) is 12.8 Å². The summed E-state index contributed by atoms with van der Waals surface area (Å²) in [6.45, 7) is 6.72. The van der Waals surface area contributed by atoms with Crippen molar-refractivity contribution in [2.45, 2.75) is 111 Å². The number of hydrogen-bond acceptors (Lipinski definition) is 0. The van der Waals surface area contributed by atoms with Crippen molar-refractivity contribution in [1.82, 2.24) is 0 Å². The fraction of sp³-hybridized carbons (Fsp3) is 0.515. The summed E-state index contributed by atoms with van der Waals surface area (Å²) >= 11 is 0.